The van der Waals surface area contributed by atoms with Gasteiger partial charge in [0.25, 0.3) is 0 Å². The molecule has 0 atom stereocenters. The van der Waals surface area contributed by atoms with Crippen molar-refractivity contribution in [2.75, 3.05) is 14.1 Å². The topological polar surface area (TPSA) is 20.3 Å². The second kappa shape index (κ2) is 4.87. The zero-order valence-corrected chi connectivity index (χ0v) is 9.20. The van der Waals surface area contributed by atoms with Crippen LogP contribution in [0.2, 0.25) is 0 Å². The van der Waals surface area contributed by atoms with E-state index in [9.17, 15) is 4.79 Å². The van der Waals surface area contributed by atoms with Crippen molar-refractivity contribution in [3.8, 4) is 0 Å². The van der Waals surface area contributed by atoms with E-state index in [1.165, 1.54) is 0 Å². The fourth-order valence-corrected chi connectivity index (χ4v) is 0.447. The molecule has 0 bridgehead atoms. The molecule has 0 radical (unpaired) electrons. The van der Waals surface area contributed by atoms with Gasteiger partial charge in [-0.2, -0.15) is 13.8 Å². The van der Waals surface area contributed by atoms with E-state index >= 15 is 0 Å². The molecule has 1 amide bonds. The quantitative estimate of drug-likeness (QED) is 0.652. The van der Waals surface area contributed by atoms with Gasteiger partial charge in [-0.05, 0) is 0 Å². The number of nitrogens with zero attached hydrogens (tertiary/aromatic N) is 1. The summed E-state index contributed by atoms with van der Waals surface area (Å²) in [6.07, 6.45) is 0. The van der Waals surface area contributed by atoms with Crippen LogP contribution in [0, 0.1) is 5.92 Å². The van der Waals surface area contributed by atoms with Crippen LogP contribution in [0.5, 0.6) is 0 Å². The minimum atomic E-state index is 0. The molecule has 2 nitrogen and oxygen atoms in total. The van der Waals surface area contributed by atoms with Gasteiger partial charge in [-0.1, -0.05) is 0 Å². The molecule has 0 unspecified atom stereocenters. The Kier molecular flexibility index (Phi) is 6.37. The van der Waals surface area contributed by atoms with E-state index < -0.39 is 0 Å². The SMILES string of the molecule is C[C-](C)C(=O)N(C)C.[W]. The second-order valence-electron chi connectivity index (χ2n) is 2.20. The summed E-state index contributed by atoms with van der Waals surface area (Å²) >= 11 is 0. The Morgan fingerprint density at radius 2 is 1.67 bits per heavy atom. The number of hydrogen-bond donors (Lipinski definition) is 0. The number of amides is 1. The summed E-state index contributed by atoms with van der Waals surface area (Å²) in [6, 6.07) is 0. The maximum absolute atomic E-state index is 10.7. The van der Waals surface area contributed by atoms with Crippen LogP contribution in [-0.2, 0) is 25.9 Å². The van der Waals surface area contributed by atoms with E-state index in [0.717, 1.165) is 5.92 Å². The van der Waals surface area contributed by atoms with Crippen LogP contribution in [0.15, 0.2) is 0 Å². The standard InChI is InChI=1S/C6H12NO.W/c1-5(2)6(8)7(3)4;/h1-4H3;/q-1;. The Morgan fingerprint density at radius 1 is 1.33 bits per heavy atom. The fraction of sp³-hybridized carbons (Fsp3) is 0.667. The monoisotopic (exact) mass is 298 g/mol. The number of rotatable bonds is 1. The molecule has 9 heavy (non-hydrogen) atoms. The molecule has 0 saturated heterocycles. The molecule has 0 rings (SSSR count). The van der Waals surface area contributed by atoms with Crippen LogP contribution in [0.4, 0.5) is 0 Å². The van der Waals surface area contributed by atoms with Crippen LogP contribution < -0.4 is 0 Å². The smallest absolute Gasteiger partial charge is 0.0867 e. The average molecular weight is 298 g/mol. The molecule has 54 valence electrons. The van der Waals surface area contributed by atoms with Gasteiger partial charge >= 0.3 is 0 Å². The summed E-state index contributed by atoms with van der Waals surface area (Å²) in [7, 11) is 3.49. The van der Waals surface area contributed by atoms with E-state index in [1.54, 1.807) is 19.0 Å². The second-order valence-corrected chi connectivity index (χ2v) is 2.20. The third-order valence-corrected chi connectivity index (χ3v) is 0.834. The van der Waals surface area contributed by atoms with Crippen LogP contribution >= 0.6 is 0 Å². The zero-order chi connectivity index (χ0) is 6.73. The van der Waals surface area contributed by atoms with Gasteiger partial charge < -0.3 is 9.69 Å². The molecule has 0 heterocycles. The molecular weight excluding hydrogens is 286 g/mol. The van der Waals surface area contributed by atoms with Crippen LogP contribution in [0.25, 0.3) is 0 Å². The maximum atomic E-state index is 10.7. The minimum absolute atomic E-state index is 0. The molecule has 0 aliphatic rings. The first-order valence-corrected chi connectivity index (χ1v) is 2.57. The van der Waals surface area contributed by atoms with Crippen molar-refractivity contribution in [1.29, 1.82) is 0 Å². The molecule has 0 aromatic rings. The Labute approximate surface area is 70.9 Å². The van der Waals surface area contributed by atoms with Crippen molar-refractivity contribution in [2.45, 2.75) is 13.8 Å². The van der Waals surface area contributed by atoms with Gasteiger partial charge in [0, 0.05) is 35.2 Å². The molecule has 0 spiro atoms. The summed E-state index contributed by atoms with van der Waals surface area (Å²) in [5, 5.41) is 0. The number of carbonyl (C=O) groups is 1. The van der Waals surface area contributed by atoms with E-state index in [0.29, 0.717) is 0 Å². The van der Waals surface area contributed by atoms with Crippen molar-refractivity contribution in [1.82, 2.24) is 4.90 Å². The molecule has 0 N–H and O–H groups in total. The van der Waals surface area contributed by atoms with Crippen LogP contribution in [0.3, 0.4) is 0 Å². The van der Waals surface area contributed by atoms with Gasteiger partial charge in [0.15, 0.2) is 0 Å². The average Bonchev–Trinajstić information content (AvgIpc) is 1.64. The van der Waals surface area contributed by atoms with Crippen molar-refractivity contribution in [3.63, 3.8) is 0 Å². The molecule has 0 aliphatic heterocycles. The van der Waals surface area contributed by atoms with E-state index in [-0.39, 0.29) is 27.0 Å². The van der Waals surface area contributed by atoms with Crippen molar-refractivity contribution in [2.24, 2.45) is 0 Å². The molecule has 0 fully saturated rings. The van der Waals surface area contributed by atoms with Crippen molar-refractivity contribution < 1.29 is 25.9 Å². The summed E-state index contributed by atoms with van der Waals surface area (Å²) in [5.74, 6) is 0.931. The zero-order valence-electron chi connectivity index (χ0n) is 6.26. The number of hydrogen-bond acceptors (Lipinski definition) is 1. The maximum Gasteiger partial charge on any atom is 0.0867 e. The van der Waals surface area contributed by atoms with E-state index in [4.69, 9.17) is 0 Å². The largest absolute Gasteiger partial charge is 0.373 e. The molecule has 0 aliphatic carbocycles. The normalized spacial score (nSPS) is 7.56. The number of carbonyl (C=O) groups excluding carboxylic acids is 1. The van der Waals surface area contributed by atoms with E-state index in [2.05, 4.69) is 0 Å². The Hall–Kier alpha value is 0.0283. The van der Waals surface area contributed by atoms with E-state index in [1.807, 2.05) is 13.8 Å². The summed E-state index contributed by atoms with van der Waals surface area (Å²) in [4.78, 5) is 12.3. The summed E-state index contributed by atoms with van der Waals surface area (Å²) in [6.45, 7) is 3.62. The van der Waals surface area contributed by atoms with Gasteiger partial charge in [-0.15, -0.1) is 0 Å². The first kappa shape index (κ1) is 11.8. The third-order valence-electron chi connectivity index (χ3n) is 0.834. The minimum Gasteiger partial charge on any atom is -0.373 e. The van der Waals surface area contributed by atoms with Gasteiger partial charge in [0.1, 0.15) is 0 Å². The Bertz CT molecular complexity index is 81.1. The van der Waals surface area contributed by atoms with Gasteiger partial charge in [0.2, 0.25) is 0 Å². The van der Waals surface area contributed by atoms with Gasteiger partial charge in [0.05, 0.1) is 5.91 Å². The summed E-state index contributed by atoms with van der Waals surface area (Å²) < 4.78 is 0. The van der Waals surface area contributed by atoms with Crippen molar-refractivity contribution >= 4 is 5.91 Å². The Morgan fingerprint density at radius 3 is 1.67 bits per heavy atom. The fourth-order valence-electron chi connectivity index (χ4n) is 0.447. The first-order chi connectivity index (χ1) is 3.55. The first-order valence-electron chi connectivity index (χ1n) is 2.57. The third kappa shape index (κ3) is 4.53. The van der Waals surface area contributed by atoms with Crippen LogP contribution in [0.1, 0.15) is 13.8 Å². The molecular formula is C6H12NOW-. The van der Waals surface area contributed by atoms with Gasteiger partial charge in [-0.25, -0.2) is 0 Å². The van der Waals surface area contributed by atoms with Crippen LogP contribution in [-0.4, -0.2) is 24.9 Å². The predicted octanol–water partition coefficient (Wildman–Crippen LogP) is 0.686. The molecule has 0 aromatic heterocycles. The summed E-state index contributed by atoms with van der Waals surface area (Å²) in [5.41, 5.74) is 0. The molecule has 0 aromatic carbocycles. The molecule has 3 heteroatoms. The van der Waals surface area contributed by atoms with Gasteiger partial charge in [-0.3, -0.25) is 5.92 Å². The van der Waals surface area contributed by atoms with Crippen molar-refractivity contribution in [3.05, 3.63) is 5.92 Å². The predicted molar refractivity (Wildman–Crippen MR) is 33.3 cm³/mol. The Balaban J connectivity index is 0. The molecule has 0 saturated carbocycles.